The highest BCUT2D eigenvalue weighted by atomic mass is 79.9. The summed E-state index contributed by atoms with van der Waals surface area (Å²) in [4.78, 5) is 20.3. The number of aromatic hydroxyl groups is 1. The number of aliphatic imine (C=N–C) groups is 1. The van der Waals surface area contributed by atoms with Gasteiger partial charge in [0, 0.05) is 15.4 Å². The normalized spacial score (nSPS) is 13.3. The number of carbonyl (C=O) groups excluding carboxylic acids is 1. The van der Waals surface area contributed by atoms with Gasteiger partial charge in [-0.25, -0.2) is 4.99 Å². The van der Waals surface area contributed by atoms with Gasteiger partial charge in [-0.1, -0.05) is 12.1 Å². The standard InChI is InChI=1S/C17H9BrN6O2/c18-10-3-1-2-8-12(17(26)20-13(8)10)14-15(25)9-6-7(4-5-11(9)19-14)16-21-23-24-22-16/h1-6,20,26H,(H,21,22,23,24). The number of rotatable bonds is 2. The SMILES string of the molecule is O=C1C(c2c(O)[nH]c3c(Br)cccc23)=Nc2ccc(-c3nn[nH]n3)cc21. The van der Waals surface area contributed by atoms with Crippen molar-refractivity contribution in [1.82, 2.24) is 25.6 Å². The topological polar surface area (TPSA) is 120 Å². The Kier molecular flexibility index (Phi) is 3.07. The van der Waals surface area contributed by atoms with E-state index in [-0.39, 0.29) is 17.4 Å². The highest BCUT2D eigenvalue weighted by Gasteiger charge is 2.31. The van der Waals surface area contributed by atoms with Gasteiger partial charge in [0.05, 0.1) is 22.3 Å². The molecule has 4 aromatic rings. The van der Waals surface area contributed by atoms with E-state index >= 15 is 0 Å². The Morgan fingerprint density at radius 2 is 2.04 bits per heavy atom. The second-order valence-electron chi connectivity index (χ2n) is 5.77. The Hall–Kier alpha value is -3.33. The lowest BCUT2D eigenvalue weighted by atomic mass is 10.0. The van der Waals surface area contributed by atoms with E-state index in [1.54, 1.807) is 18.2 Å². The van der Waals surface area contributed by atoms with Crippen LogP contribution in [0, 0.1) is 0 Å². The maximum atomic E-state index is 13.0. The van der Waals surface area contributed by atoms with Crippen LogP contribution in [0.25, 0.3) is 22.3 Å². The molecule has 0 amide bonds. The van der Waals surface area contributed by atoms with Gasteiger partial charge in [0.2, 0.25) is 11.6 Å². The molecule has 0 saturated heterocycles. The summed E-state index contributed by atoms with van der Waals surface area (Å²) in [6.07, 6.45) is 0. The number of aromatic amines is 2. The van der Waals surface area contributed by atoms with E-state index in [0.717, 1.165) is 9.86 Å². The summed E-state index contributed by atoms with van der Waals surface area (Å²) in [5.74, 6) is 0.0413. The van der Waals surface area contributed by atoms with E-state index in [9.17, 15) is 9.90 Å². The zero-order valence-corrected chi connectivity index (χ0v) is 14.6. The van der Waals surface area contributed by atoms with Gasteiger partial charge in [-0.2, -0.15) is 5.21 Å². The number of tetrazole rings is 1. The molecule has 126 valence electrons. The quantitative estimate of drug-likeness (QED) is 0.470. The number of carbonyl (C=O) groups is 1. The molecule has 5 rings (SSSR count). The van der Waals surface area contributed by atoms with Crippen molar-refractivity contribution in [3.8, 4) is 17.3 Å². The van der Waals surface area contributed by atoms with Crippen molar-refractivity contribution in [2.75, 3.05) is 0 Å². The van der Waals surface area contributed by atoms with Crippen LogP contribution >= 0.6 is 15.9 Å². The van der Waals surface area contributed by atoms with E-state index < -0.39 is 0 Å². The number of aromatic nitrogens is 5. The van der Waals surface area contributed by atoms with Crippen molar-refractivity contribution in [2.24, 2.45) is 4.99 Å². The molecule has 0 aliphatic carbocycles. The predicted molar refractivity (Wildman–Crippen MR) is 97.8 cm³/mol. The highest BCUT2D eigenvalue weighted by molar-refractivity contribution is 9.10. The number of halogens is 1. The van der Waals surface area contributed by atoms with Crippen molar-refractivity contribution >= 4 is 44.0 Å². The Morgan fingerprint density at radius 3 is 2.85 bits per heavy atom. The van der Waals surface area contributed by atoms with Crippen molar-refractivity contribution in [2.45, 2.75) is 0 Å². The first-order valence-corrected chi connectivity index (χ1v) is 8.43. The summed E-state index contributed by atoms with van der Waals surface area (Å²) in [5.41, 5.74) is 2.94. The Bertz CT molecular complexity index is 1230. The lowest BCUT2D eigenvalue weighted by Crippen LogP contribution is -2.11. The third-order valence-electron chi connectivity index (χ3n) is 4.29. The molecule has 0 saturated carbocycles. The number of H-pyrrole nitrogens is 2. The van der Waals surface area contributed by atoms with E-state index in [4.69, 9.17) is 0 Å². The first-order valence-electron chi connectivity index (χ1n) is 7.64. The lowest BCUT2D eigenvalue weighted by molar-refractivity contribution is 0.107. The van der Waals surface area contributed by atoms with Crippen LogP contribution < -0.4 is 0 Å². The summed E-state index contributed by atoms with van der Waals surface area (Å²) in [7, 11) is 0. The number of ketones is 1. The second-order valence-corrected chi connectivity index (χ2v) is 6.62. The maximum absolute atomic E-state index is 13.0. The summed E-state index contributed by atoms with van der Waals surface area (Å²) in [5, 5.41) is 24.9. The van der Waals surface area contributed by atoms with E-state index in [1.165, 1.54) is 0 Å². The second kappa shape index (κ2) is 5.33. The van der Waals surface area contributed by atoms with Crippen molar-refractivity contribution in [3.63, 3.8) is 0 Å². The van der Waals surface area contributed by atoms with E-state index in [2.05, 4.69) is 46.5 Å². The first-order chi connectivity index (χ1) is 12.6. The van der Waals surface area contributed by atoms with Crippen LogP contribution in [-0.4, -0.2) is 42.2 Å². The van der Waals surface area contributed by atoms with Crippen LogP contribution in [0.3, 0.4) is 0 Å². The fourth-order valence-electron chi connectivity index (χ4n) is 3.11. The number of para-hydroxylation sites is 1. The number of hydrogen-bond acceptors (Lipinski definition) is 6. The van der Waals surface area contributed by atoms with Crippen molar-refractivity contribution in [3.05, 3.63) is 52.0 Å². The minimum absolute atomic E-state index is 0.0924. The smallest absolute Gasteiger partial charge is 0.214 e. The van der Waals surface area contributed by atoms with Crippen LogP contribution in [0.2, 0.25) is 0 Å². The zero-order chi connectivity index (χ0) is 17.8. The van der Waals surface area contributed by atoms with Gasteiger partial charge in [-0.05, 0) is 45.4 Å². The molecule has 3 heterocycles. The van der Waals surface area contributed by atoms with Gasteiger partial charge in [0.1, 0.15) is 5.71 Å². The molecule has 9 heteroatoms. The molecule has 0 radical (unpaired) electrons. The molecule has 3 N–H and O–H groups in total. The summed E-state index contributed by atoms with van der Waals surface area (Å²) in [6, 6.07) is 10.7. The van der Waals surface area contributed by atoms with Crippen LogP contribution in [0.1, 0.15) is 15.9 Å². The zero-order valence-electron chi connectivity index (χ0n) is 13.0. The third kappa shape index (κ3) is 2.04. The van der Waals surface area contributed by atoms with E-state index in [1.807, 2.05) is 18.2 Å². The molecule has 0 spiro atoms. The van der Waals surface area contributed by atoms with Crippen LogP contribution in [-0.2, 0) is 0 Å². The molecular weight excluding hydrogens is 400 g/mol. The van der Waals surface area contributed by atoms with Gasteiger partial charge >= 0.3 is 0 Å². The molecule has 8 nitrogen and oxygen atoms in total. The number of nitrogens with zero attached hydrogens (tertiary/aromatic N) is 4. The van der Waals surface area contributed by atoms with Gasteiger partial charge < -0.3 is 10.1 Å². The average molecular weight is 409 g/mol. The third-order valence-corrected chi connectivity index (χ3v) is 4.95. The number of fused-ring (bicyclic) bond motifs is 2. The first kappa shape index (κ1) is 15.0. The van der Waals surface area contributed by atoms with Crippen LogP contribution in [0.15, 0.2) is 45.9 Å². The van der Waals surface area contributed by atoms with Gasteiger partial charge in [0.25, 0.3) is 0 Å². The molecule has 0 unspecified atom stereocenters. The number of nitrogens with one attached hydrogen (secondary N) is 2. The molecule has 0 bridgehead atoms. The molecule has 0 atom stereocenters. The van der Waals surface area contributed by atoms with Crippen molar-refractivity contribution in [1.29, 1.82) is 0 Å². The lowest BCUT2D eigenvalue weighted by Gasteiger charge is -2.00. The Labute approximate surface area is 154 Å². The van der Waals surface area contributed by atoms with Gasteiger partial charge in [-0.15, -0.1) is 10.2 Å². The van der Waals surface area contributed by atoms with E-state index in [0.29, 0.717) is 33.7 Å². The summed E-state index contributed by atoms with van der Waals surface area (Å²) in [6.45, 7) is 0. The molecule has 2 aromatic carbocycles. The number of hydrogen-bond donors (Lipinski definition) is 3. The molecule has 1 aliphatic heterocycles. The molecular formula is C17H9BrN6O2. The van der Waals surface area contributed by atoms with Gasteiger partial charge in [0.15, 0.2) is 5.88 Å². The predicted octanol–water partition coefficient (Wildman–Crippen LogP) is 3.13. The summed E-state index contributed by atoms with van der Waals surface area (Å²) < 4.78 is 0.791. The maximum Gasteiger partial charge on any atom is 0.214 e. The number of benzene rings is 2. The molecule has 1 aliphatic rings. The van der Waals surface area contributed by atoms with Crippen LogP contribution in [0.4, 0.5) is 5.69 Å². The molecule has 26 heavy (non-hydrogen) atoms. The molecule has 0 fully saturated rings. The fraction of sp³-hybridized carbons (Fsp3) is 0. The largest absolute Gasteiger partial charge is 0.494 e. The number of Topliss-reactive ketones (excluding diaryl/α,β-unsaturated/α-hetero) is 1. The molecule has 2 aromatic heterocycles. The van der Waals surface area contributed by atoms with Crippen molar-refractivity contribution < 1.29 is 9.90 Å². The summed E-state index contributed by atoms with van der Waals surface area (Å²) >= 11 is 3.44. The van der Waals surface area contributed by atoms with Gasteiger partial charge in [-0.3, -0.25) is 4.79 Å². The van der Waals surface area contributed by atoms with Crippen LogP contribution in [0.5, 0.6) is 5.88 Å². The Balaban J connectivity index is 1.65. The Morgan fingerprint density at radius 1 is 1.15 bits per heavy atom. The average Bonchev–Trinajstić information content (AvgIpc) is 3.34. The minimum Gasteiger partial charge on any atom is -0.494 e. The minimum atomic E-state index is -0.262. The highest BCUT2D eigenvalue weighted by Crippen LogP contribution is 2.38. The fourth-order valence-corrected chi connectivity index (χ4v) is 3.58. The monoisotopic (exact) mass is 408 g/mol.